The minimum absolute atomic E-state index is 0.216. The number of allylic oxidation sites excluding steroid dienone is 2. The number of rotatable bonds is 5. The molecule has 1 aliphatic carbocycles. The van der Waals surface area contributed by atoms with Gasteiger partial charge in [0.1, 0.15) is 5.75 Å². The first-order valence-electron chi connectivity index (χ1n) is 8.17. The smallest absolute Gasteiger partial charge is 0.324 e. The molecule has 5 heteroatoms. The number of carbonyl (C=O) groups is 2. The van der Waals surface area contributed by atoms with Crippen LogP contribution in [0, 0.1) is 5.41 Å². The Kier molecular flexibility index (Phi) is 5.65. The molecule has 0 saturated carbocycles. The van der Waals surface area contributed by atoms with Crippen molar-refractivity contribution in [1.29, 1.82) is 0 Å². The fraction of sp³-hybridized carbons (Fsp3) is 0.474. The first-order valence-corrected chi connectivity index (χ1v) is 8.17. The lowest BCUT2D eigenvalue weighted by Gasteiger charge is -2.27. The highest BCUT2D eigenvalue weighted by Crippen LogP contribution is 2.41. The van der Waals surface area contributed by atoms with Gasteiger partial charge in [-0.25, -0.2) is 0 Å². The lowest BCUT2D eigenvalue weighted by molar-refractivity contribution is -0.171. The maximum absolute atomic E-state index is 12.7. The molecular weight excluding hydrogens is 308 g/mol. The zero-order valence-corrected chi connectivity index (χ0v) is 14.7. The summed E-state index contributed by atoms with van der Waals surface area (Å²) in [5.74, 6) is -0.351. The molecule has 130 valence electrons. The van der Waals surface area contributed by atoms with E-state index in [2.05, 4.69) is 0 Å². The fourth-order valence-electron chi connectivity index (χ4n) is 3.10. The van der Waals surface area contributed by atoms with Gasteiger partial charge in [0, 0.05) is 12.0 Å². The highest BCUT2D eigenvalue weighted by molar-refractivity contribution is 6.01. The van der Waals surface area contributed by atoms with Crippen LogP contribution >= 0.6 is 0 Å². The van der Waals surface area contributed by atoms with Crippen molar-refractivity contribution in [2.75, 3.05) is 20.3 Å². The Bertz CT molecular complexity index is 642. The maximum atomic E-state index is 12.7. The molecule has 0 aliphatic heterocycles. The monoisotopic (exact) mass is 332 g/mol. The van der Waals surface area contributed by atoms with Crippen molar-refractivity contribution >= 4 is 17.5 Å². The summed E-state index contributed by atoms with van der Waals surface area (Å²) >= 11 is 0. The van der Waals surface area contributed by atoms with Gasteiger partial charge in [-0.05, 0) is 44.4 Å². The van der Waals surface area contributed by atoms with Gasteiger partial charge < -0.3 is 14.2 Å². The largest absolute Gasteiger partial charge is 0.496 e. The molecule has 0 heterocycles. The summed E-state index contributed by atoms with van der Waals surface area (Å²) in [6, 6.07) is 5.64. The average molecular weight is 332 g/mol. The Morgan fingerprint density at radius 2 is 1.75 bits per heavy atom. The molecule has 24 heavy (non-hydrogen) atoms. The zero-order chi connectivity index (χ0) is 17.7. The van der Waals surface area contributed by atoms with Crippen LogP contribution in [0.15, 0.2) is 24.3 Å². The van der Waals surface area contributed by atoms with Crippen LogP contribution in [0.25, 0.3) is 5.57 Å². The molecule has 0 unspecified atom stereocenters. The van der Waals surface area contributed by atoms with E-state index in [1.165, 1.54) is 0 Å². The molecule has 0 aromatic heterocycles. The predicted molar refractivity (Wildman–Crippen MR) is 90.7 cm³/mol. The fourth-order valence-corrected chi connectivity index (χ4v) is 3.10. The summed E-state index contributed by atoms with van der Waals surface area (Å²) < 4.78 is 15.9. The van der Waals surface area contributed by atoms with Gasteiger partial charge in [0.05, 0.1) is 20.3 Å². The van der Waals surface area contributed by atoms with Crippen LogP contribution < -0.4 is 4.74 Å². The number of esters is 2. The second-order valence-corrected chi connectivity index (χ2v) is 5.79. The standard InChI is InChI=1S/C19H24O5/c1-5-23-17(20)19(18(21)24-6-2)11-10-13(3)16-14(12-19)8-7-9-15(16)22-4/h7-10H,5-6,11-12H2,1-4H3. The number of hydrogen-bond acceptors (Lipinski definition) is 5. The average Bonchev–Trinajstić information content (AvgIpc) is 2.73. The zero-order valence-electron chi connectivity index (χ0n) is 14.7. The Balaban J connectivity index is 2.58. The van der Waals surface area contributed by atoms with Crippen molar-refractivity contribution in [2.24, 2.45) is 5.41 Å². The lowest BCUT2D eigenvalue weighted by Crippen LogP contribution is -2.43. The van der Waals surface area contributed by atoms with Crippen LogP contribution in [0.3, 0.4) is 0 Å². The van der Waals surface area contributed by atoms with Crippen molar-refractivity contribution in [3.8, 4) is 5.75 Å². The van der Waals surface area contributed by atoms with Gasteiger partial charge in [0.25, 0.3) is 0 Å². The van der Waals surface area contributed by atoms with Crippen LogP contribution in [-0.2, 0) is 25.5 Å². The van der Waals surface area contributed by atoms with Gasteiger partial charge in [0.2, 0.25) is 0 Å². The molecule has 1 aromatic carbocycles. The summed E-state index contributed by atoms with van der Waals surface area (Å²) in [5, 5.41) is 0. The topological polar surface area (TPSA) is 61.8 Å². The summed E-state index contributed by atoms with van der Waals surface area (Å²) in [6.07, 6.45) is 2.36. The van der Waals surface area contributed by atoms with Crippen molar-refractivity contribution in [1.82, 2.24) is 0 Å². The molecule has 0 saturated heterocycles. The number of hydrogen-bond donors (Lipinski definition) is 0. The van der Waals surface area contributed by atoms with Crippen LogP contribution in [0.2, 0.25) is 0 Å². The van der Waals surface area contributed by atoms with Gasteiger partial charge in [0.15, 0.2) is 5.41 Å². The third-order valence-electron chi connectivity index (χ3n) is 4.31. The normalized spacial score (nSPS) is 15.6. The van der Waals surface area contributed by atoms with E-state index in [-0.39, 0.29) is 26.1 Å². The highest BCUT2D eigenvalue weighted by atomic mass is 16.6. The molecule has 0 fully saturated rings. The molecule has 2 rings (SSSR count). The summed E-state index contributed by atoms with van der Waals surface area (Å²) in [5.41, 5.74) is 1.42. The van der Waals surface area contributed by atoms with E-state index in [1.54, 1.807) is 21.0 Å². The van der Waals surface area contributed by atoms with Gasteiger partial charge >= 0.3 is 11.9 Å². The Morgan fingerprint density at radius 1 is 1.12 bits per heavy atom. The second-order valence-electron chi connectivity index (χ2n) is 5.79. The molecule has 0 bridgehead atoms. The lowest BCUT2D eigenvalue weighted by atomic mass is 9.79. The van der Waals surface area contributed by atoms with Crippen molar-refractivity contribution in [3.05, 3.63) is 35.4 Å². The minimum atomic E-state index is -1.36. The van der Waals surface area contributed by atoms with Crippen LogP contribution in [0.1, 0.15) is 38.3 Å². The minimum Gasteiger partial charge on any atom is -0.496 e. The Hall–Kier alpha value is -2.30. The number of fused-ring (bicyclic) bond motifs is 1. The highest BCUT2D eigenvalue weighted by Gasteiger charge is 2.49. The summed E-state index contributed by atoms with van der Waals surface area (Å²) in [7, 11) is 1.61. The van der Waals surface area contributed by atoms with E-state index in [4.69, 9.17) is 14.2 Å². The Labute approximate surface area is 142 Å². The van der Waals surface area contributed by atoms with Crippen LogP contribution in [0.5, 0.6) is 5.75 Å². The van der Waals surface area contributed by atoms with E-state index in [0.29, 0.717) is 0 Å². The first kappa shape index (κ1) is 18.0. The number of ether oxygens (including phenoxy) is 3. The molecular formula is C19H24O5. The third kappa shape index (κ3) is 3.16. The summed E-state index contributed by atoms with van der Waals surface area (Å²) in [4.78, 5) is 25.4. The molecule has 0 spiro atoms. The van der Waals surface area contributed by atoms with Gasteiger partial charge in [-0.2, -0.15) is 0 Å². The van der Waals surface area contributed by atoms with Crippen LogP contribution in [-0.4, -0.2) is 32.3 Å². The molecule has 0 amide bonds. The number of benzene rings is 1. The quantitative estimate of drug-likeness (QED) is 0.612. The van der Waals surface area contributed by atoms with Gasteiger partial charge in [-0.3, -0.25) is 9.59 Å². The molecule has 1 aromatic rings. The predicted octanol–water partition coefficient (Wildman–Crippen LogP) is 3.16. The molecule has 0 N–H and O–H groups in total. The molecule has 5 nitrogen and oxygen atoms in total. The second kappa shape index (κ2) is 7.51. The SMILES string of the molecule is CCOC(=O)C1(C(=O)OCC)CC=C(C)c2c(cccc2OC)C1. The maximum Gasteiger partial charge on any atom is 0.324 e. The number of carbonyl (C=O) groups excluding carboxylic acids is 2. The number of methoxy groups -OCH3 is 1. The van der Waals surface area contributed by atoms with Gasteiger partial charge in [-0.1, -0.05) is 18.2 Å². The van der Waals surface area contributed by atoms with Gasteiger partial charge in [-0.15, -0.1) is 0 Å². The van der Waals surface area contributed by atoms with E-state index in [1.807, 2.05) is 31.2 Å². The van der Waals surface area contributed by atoms with Crippen molar-refractivity contribution in [3.63, 3.8) is 0 Å². The molecule has 1 aliphatic rings. The van der Waals surface area contributed by atoms with E-state index >= 15 is 0 Å². The molecule has 0 atom stereocenters. The molecule has 0 radical (unpaired) electrons. The van der Waals surface area contributed by atoms with E-state index < -0.39 is 17.4 Å². The van der Waals surface area contributed by atoms with Crippen LogP contribution in [0.4, 0.5) is 0 Å². The van der Waals surface area contributed by atoms with Crippen molar-refractivity contribution < 1.29 is 23.8 Å². The third-order valence-corrected chi connectivity index (χ3v) is 4.31. The van der Waals surface area contributed by atoms with Crippen molar-refractivity contribution in [2.45, 2.75) is 33.6 Å². The summed E-state index contributed by atoms with van der Waals surface area (Å²) in [6.45, 7) is 5.84. The first-order chi connectivity index (χ1) is 11.5. The van der Waals surface area contributed by atoms with E-state index in [9.17, 15) is 9.59 Å². The Morgan fingerprint density at radius 3 is 2.29 bits per heavy atom. The van der Waals surface area contributed by atoms with E-state index in [0.717, 1.165) is 22.4 Å².